The molecule has 1 unspecified atom stereocenters. The Bertz CT molecular complexity index is 1230. The zero-order valence-electron chi connectivity index (χ0n) is 21.0. The molecule has 3 aromatic rings. The van der Waals surface area contributed by atoms with Crippen LogP contribution in [0.5, 0.6) is 17.2 Å². The molecule has 1 atom stereocenters. The molecule has 0 aromatic heterocycles. The van der Waals surface area contributed by atoms with Crippen molar-refractivity contribution in [3.8, 4) is 17.2 Å². The molecule has 0 radical (unpaired) electrons. The number of nitrogens with zero attached hydrogens (tertiary/aromatic N) is 1. The molecule has 0 N–H and O–H groups in total. The summed E-state index contributed by atoms with van der Waals surface area (Å²) in [7, 11) is 0. The van der Waals surface area contributed by atoms with Gasteiger partial charge in [-0.2, -0.15) is 0 Å². The Balaban J connectivity index is 1.69. The molecule has 7 nitrogen and oxygen atoms in total. The molecular formula is C29H31NO6. The summed E-state index contributed by atoms with van der Waals surface area (Å²) in [4.78, 5) is 23.9. The van der Waals surface area contributed by atoms with Crippen LogP contribution in [0.25, 0.3) is 0 Å². The lowest BCUT2D eigenvalue weighted by molar-refractivity contribution is -0.384. The van der Waals surface area contributed by atoms with Crippen LogP contribution < -0.4 is 14.2 Å². The second-order valence-corrected chi connectivity index (χ2v) is 10.2. The highest BCUT2D eigenvalue weighted by molar-refractivity contribution is 5.83. The maximum absolute atomic E-state index is 13.5. The smallest absolute Gasteiger partial charge is 0.319 e. The zero-order chi connectivity index (χ0) is 25.9. The van der Waals surface area contributed by atoms with Crippen molar-refractivity contribution in [3.63, 3.8) is 0 Å². The van der Waals surface area contributed by atoms with Gasteiger partial charge in [-0.1, -0.05) is 44.2 Å². The summed E-state index contributed by atoms with van der Waals surface area (Å²) < 4.78 is 18.3. The van der Waals surface area contributed by atoms with Crippen LogP contribution in [-0.2, 0) is 17.8 Å². The van der Waals surface area contributed by atoms with Gasteiger partial charge in [0, 0.05) is 18.6 Å². The third-order valence-corrected chi connectivity index (χ3v) is 6.03. The summed E-state index contributed by atoms with van der Waals surface area (Å²) in [5.74, 6) is 0.830. The first-order valence-electron chi connectivity index (χ1n) is 12.1. The summed E-state index contributed by atoms with van der Waals surface area (Å²) in [6, 6.07) is 19.3. The molecule has 4 rings (SSSR count). The van der Waals surface area contributed by atoms with Crippen LogP contribution in [0.1, 0.15) is 56.7 Å². The maximum Gasteiger partial charge on any atom is 0.319 e. The molecule has 0 spiro atoms. The Hall–Kier alpha value is -3.87. The number of fused-ring (bicyclic) bond motifs is 1. The molecule has 1 heterocycles. The van der Waals surface area contributed by atoms with Crippen molar-refractivity contribution in [1.29, 1.82) is 0 Å². The lowest BCUT2D eigenvalue weighted by Crippen LogP contribution is -2.38. The standard InChI is InChI=1S/C29H31NO6/c1-19(2)14-21-15-25(34-18-20-8-6-5-7-9-20)27-24(17-29(3,4)36-26(27)16-21)28(31)35-23-12-10-22(11-13-23)30(32)33/h5-13,15-16,19,24H,14,17-18H2,1-4H3. The van der Waals surface area contributed by atoms with Gasteiger partial charge in [-0.3, -0.25) is 14.9 Å². The lowest BCUT2D eigenvalue weighted by atomic mass is 9.83. The predicted molar refractivity (Wildman–Crippen MR) is 137 cm³/mol. The Morgan fingerprint density at radius 1 is 1.08 bits per heavy atom. The Morgan fingerprint density at radius 3 is 2.42 bits per heavy atom. The van der Waals surface area contributed by atoms with Gasteiger partial charge in [-0.15, -0.1) is 0 Å². The van der Waals surface area contributed by atoms with E-state index >= 15 is 0 Å². The minimum Gasteiger partial charge on any atom is -0.488 e. The third-order valence-electron chi connectivity index (χ3n) is 6.03. The minimum absolute atomic E-state index is 0.0679. The van der Waals surface area contributed by atoms with Crippen molar-refractivity contribution in [1.82, 2.24) is 0 Å². The van der Waals surface area contributed by atoms with Gasteiger partial charge in [0.2, 0.25) is 0 Å². The van der Waals surface area contributed by atoms with E-state index in [4.69, 9.17) is 14.2 Å². The normalized spacial score (nSPS) is 16.1. The molecular weight excluding hydrogens is 458 g/mol. The molecule has 7 heteroatoms. The number of carbonyl (C=O) groups excluding carboxylic acids is 1. The largest absolute Gasteiger partial charge is 0.488 e. The number of hydrogen-bond acceptors (Lipinski definition) is 6. The monoisotopic (exact) mass is 489 g/mol. The van der Waals surface area contributed by atoms with Gasteiger partial charge in [-0.05, 0) is 61.6 Å². The first-order valence-corrected chi connectivity index (χ1v) is 12.1. The van der Waals surface area contributed by atoms with E-state index in [9.17, 15) is 14.9 Å². The molecule has 1 aliphatic rings. The summed E-state index contributed by atoms with van der Waals surface area (Å²) in [5.41, 5.74) is 2.10. The van der Waals surface area contributed by atoms with Crippen molar-refractivity contribution in [2.75, 3.05) is 0 Å². The molecule has 0 saturated heterocycles. The van der Waals surface area contributed by atoms with Gasteiger partial charge >= 0.3 is 5.97 Å². The van der Waals surface area contributed by atoms with Crippen LogP contribution in [0.4, 0.5) is 5.69 Å². The third kappa shape index (κ3) is 6.03. The number of rotatable bonds is 8. The number of esters is 1. The Labute approximate surface area is 211 Å². The molecule has 188 valence electrons. The van der Waals surface area contributed by atoms with E-state index in [1.54, 1.807) is 0 Å². The van der Waals surface area contributed by atoms with Crippen molar-refractivity contribution in [2.24, 2.45) is 5.92 Å². The number of nitro groups is 1. The fraction of sp³-hybridized carbons (Fsp3) is 0.345. The zero-order valence-corrected chi connectivity index (χ0v) is 21.0. The maximum atomic E-state index is 13.5. The molecule has 0 fully saturated rings. The van der Waals surface area contributed by atoms with Crippen LogP contribution in [0.15, 0.2) is 66.7 Å². The van der Waals surface area contributed by atoms with E-state index < -0.39 is 22.4 Å². The fourth-order valence-electron chi connectivity index (χ4n) is 4.48. The molecule has 0 aliphatic carbocycles. The summed E-state index contributed by atoms with van der Waals surface area (Å²) in [6.45, 7) is 8.55. The number of carbonyl (C=O) groups is 1. The van der Waals surface area contributed by atoms with E-state index in [-0.39, 0.29) is 11.4 Å². The van der Waals surface area contributed by atoms with E-state index in [0.29, 0.717) is 36.0 Å². The highest BCUT2D eigenvalue weighted by Crippen LogP contribution is 2.47. The second-order valence-electron chi connectivity index (χ2n) is 10.2. The van der Waals surface area contributed by atoms with E-state index in [0.717, 1.165) is 17.5 Å². The van der Waals surface area contributed by atoms with Crippen molar-refractivity contribution in [3.05, 3.63) is 93.5 Å². The van der Waals surface area contributed by atoms with Gasteiger partial charge in [-0.25, -0.2) is 0 Å². The van der Waals surface area contributed by atoms with E-state index in [1.165, 1.54) is 24.3 Å². The highest BCUT2D eigenvalue weighted by Gasteiger charge is 2.41. The highest BCUT2D eigenvalue weighted by atomic mass is 16.6. The molecule has 36 heavy (non-hydrogen) atoms. The number of non-ortho nitro benzene ring substituents is 1. The van der Waals surface area contributed by atoms with Crippen molar-refractivity contribution >= 4 is 11.7 Å². The van der Waals surface area contributed by atoms with Crippen LogP contribution in [0.2, 0.25) is 0 Å². The first-order chi connectivity index (χ1) is 17.1. The van der Waals surface area contributed by atoms with E-state index in [1.807, 2.05) is 56.3 Å². The average molecular weight is 490 g/mol. The quantitative estimate of drug-likeness (QED) is 0.153. The number of nitro benzene ring substituents is 1. The van der Waals surface area contributed by atoms with Gasteiger partial charge in [0.05, 0.1) is 16.4 Å². The minimum atomic E-state index is -0.627. The number of hydrogen-bond donors (Lipinski definition) is 0. The van der Waals surface area contributed by atoms with Gasteiger partial charge < -0.3 is 14.2 Å². The van der Waals surface area contributed by atoms with Gasteiger partial charge in [0.25, 0.3) is 5.69 Å². The van der Waals surface area contributed by atoms with Crippen molar-refractivity contribution < 1.29 is 23.9 Å². The SMILES string of the molecule is CC(C)Cc1cc(OCc2ccccc2)c2c(c1)OC(C)(C)CC2C(=O)Oc1ccc([N+](=O)[O-])cc1. The molecule has 0 bridgehead atoms. The Morgan fingerprint density at radius 2 is 1.78 bits per heavy atom. The topological polar surface area (TPSA) is 87.9 Å². The fourth-order valence-corrected chi connectivity index (χ4v) is 4.48. The number of ether oxygens (including phenoxy) is 3. The van der Waals surface area contributed by atoms with Crippen LogP contribution in [0, 0.1) is 16.0 Å². The molecule has 0 amide bonds. The molecule has 0 saturated carbocycles. The summed E-state index contributed by atoms with van der Waals surface area (Å²) in [6.07, 6.45) is 1.24. The Kier molecular flexibility index (Phi) is 7.29. The summed E-state index contributed by atoms with van der Waals surface area (Å²) >= 11 is 0. The molecule has 3 aromatic carbocycles. The van der Waals surface area contributed by atoms with E-state index in [2.05, 4.69) is 13.8 Å². The van der Waals surface area contributed by atoms with Crippen molar-refractivity contribution in [2.45, 2.75) is 58.7 Å². The van der Waals surface area contributed by atoms with Crippen LogP contribution >= 0.6 is 0 Å². The lowest BCUT2D eigenvalue weighted by Gasteiger charge is -2.37. The van der Waals surface area contributed by atoms with Gasteiger partial charge in [0.15, 0.2) is 0 Å². The van der Waals surface area contributed by atoms with Crippen LogP contribution in [-0.4, -0.2) is 16.5 Å². The molecule has 1 aliphatic heterocycles. The number of benzene rings is 3. The second kappa shape index (κ2) is 10.4. The average Bonchev–Trinajstić information content (AvgIpc) is 2.81. The summed E-state index contributed by atoms with van der Waals surface area (Å²) in [5, 5.41) is 11.0. The predicted octanol–water partition coefficient (Wildman–Crippen LogP) is 6.62. The van der Waals surface area contributed by atoms with Gasteiger partial charge in [0.1, 0.15) is 29.5 Å². The van der Waals surface area contributed by atoms with Crippen LogP contribution in [0.3, 0.4) is 0 Å². The first kappa shape index (κ1) is 25.2.